The highest BCUT2D eigenvalue weighted by Gasteiger charge is 2.18. The first-order valence-electron chi connectivity index (χ1n) is 7.10. The SMILES string of the molecule is CC[C@@H](N)c1cncn1C1CCCCCCC1. The molecule has 0 unspecified atom stereocenters. The quantitative estimate of drug-likeness (QED) is 0.870. The van der Waals surface area contributed by atoms with Crippen LogP contribution in [0.1, 0.15) is 76.1 Å². The largest absolute Gasteiger partial charge is 0.330 e. The average Bonchev–Trinajstić information content (AvgIpc) is 2.76. The van der Waals surface area contributed by atoms with Gasteiger partial charge in [0.25, 0.3) is 0 Å². The fraction of sp³-hybridized carbons (Fsp3) is 0.786. The summed E-state index contributed by atoms with van der Waals surface area (Å²) in [5.41, 5.74) is 7.38. The van der Waals surface area contributed by atoms with Gasteiger partial charge in [-0.3, -0.25) is 0 Å². The lowest BCUT2D eigenvalue weighted by atomic mass is 9.96. The molecule has 0 amide bonds. The molecule has 0 spiro atoms. The summed E-state index contributed by atoms with van der Waals surface area (Å²) in [6, 6.07) is 0.772. The van der Waals surface area contributed by atoms with E-state index >= 15 is 0 Å². The van der Waals surface area contributed by atoms with Gasteiger partial charge in [0.1, 0.15) is 0 Å². The van der Waals surface area contributed by atoms with Crippen LogP contribution in [0, 0.1) is 0 Å². The van der Waals surface area contributed by atoms with Gasteiger partial charge >= 0.3 is 0 Å². The lowest BCUT2D eigenvalue weighted by molar-refractivity contribution is 0.359. The number of hydrogen-bond acceptors (Lipinski definition) is 2. The molecule has 3 heteroatoms. The van der Waals surface area contributed by atoms with Crippen LogP contribution in [0.4, 0.5) is 0 Å². The second kappa shape index (κ2) is 6.20. The number of nitrogens with two attached hydrogens (primary N) is 1. The summed E-state index contributed by atoms with van der Waals surface area (Å²) in [7, 11) is 0. The van der Waals surface area contributed by atoms with Crippen molar-refractivity contribution in [2.45, 2.75) is 70.4 Å². The minimum absolute atomic E-state index is 0.142. The molecule has 1 fully saturated rings. The molecule has 0 saturated heterocycles. The Hall–Kier alpha value is -0.830. The molecule has 1 heterocycles. The van der Waals surface area contributed by atoms with Crippen LogP contribution in [0.5, 0.6) is 0 Å². The molecule has 96 valence electrons. The number of aromatic nitrogens is 2. The smallest absolute Gasteiger partial charge is 0.0951 e. The van der Waals surface area contributed by atoms with Crippen molar-refractivity contribution in [1.82, 2.24) is 9.55 Å². The van der Waals surface area contributed by atoms with Crippen molar-refractivity contribution in [3.63, 3.8) is 0 Å². The molecule has 2 rings (SSSR count). The van der Waals surface area contributed by atoms with Crippen molar-refractivity contribution in [1.29, 1.82) is 0 Å². The minimum Gasteiger partial charge on any atom is -0.330 e. The molecule has 0 aliphatic heterocycles. The van der Waals surface area contributed by atoms with Crippen LogP contribution in [0.25, 0.3) is 0 Å². The van der Waals surface area contributed by atoms with Crippen LogP contribution < -0.4 is 5.73 Å². The third-order valence-corrected chi connectivity index (χ3v) is 3.98. The molecule has 1 saturated carbocycles. The van der Waals surface area contributed by atoms with Gasteiger partial charge in [0.05, 0.1) is 12.0 Å². The van der Waals surface area contributed by atoms with E-state index < -0.39 is 0 Å². The van der Waals surface area contributed by atoms with E-state index in [9.17, 15) is 0 Å². The zero-order chi connectivity index (χ0) is 12.1. The monoisotopic (exact) mass is 235 g/mol. The maximum atomic E-state index is 6.16. The number of imidazole rings is 1. The molecule has 17 heavy (non-hydrogen) atoms. The third-order valence-electron chi connectivity index (χ3n) is 3.98. The fourth-order valence-corrected chi connectivity index (χ4v) is 2.83. The molecule has 0 radical (unpaired) electrons. The molecule has 0 bridgehead atoms. The van der Waals surface area contributed by atoms with Gasteiger partial charge in [-0.2, -0.15) is 0 Å². The van der Waals surface area contributed by atoms with Crippen LogP contribution in [0.2, 0.25) is 0 Å². The maximum absolute atomic E-state index is 6.16. The maximum Gasteiger partial charge on any atom is 0.0951 e. The van der Waals surface area contributed by atoms with Gasteiger partial charge in [-0.25, -0.2) is 4.98 Å². The second-order valence-corrected chi connectivity index (χ2v) is 5.24. The van der Waals surface area contributed by atoms with Crippen LogP contribution in [0.3, 0.4) is 0 Å². The topological polar surface area (TPSA) is 43.8 Å². The van der Waals surface area contributed by atoms with E-state index in [4.69, 9.17) is 5.73 Å². The average molecular weight is 235 g/mol. The van der Waals surface area contributed by atoms with E-state index in [1.165, 1.54) is 50.6 Å². The van der Waals surface area contributed by atoms with Crippen molar-refractivity contribution in [3.05, 3.63) is 18.2 Å². The Balaban J connectivity index is 2.11. The summed E-state index contributed by atoms with van der Waals surface area (Å²) in [6.07, 6.45) is 14.4. The van der Waals surface area contributed by atoms with E-state index in [2.05, 4.69) is 16.5 Å². The molecule has 1 aliphatic carbocycles. The Labute approximate surface area is 104 Å². The first-order chi connectivity index (χ1) is 8.33. The van der Waals surface area contributed by atoms with Gasteiger partial charge in [-0.15, -0.1) is 0 Å². The molecule has 2 N–H and O–H groups in total. The second-order valence-electron chi connectivity index (χ2n) is 5.24. The molecule has 1 aromatic heterocycles. The summed E-state index contributed by atoms with van der Waals surface area (Å²) >= 11 is 0. The number of nitrogens with zero attached hydrogens (tertiary/aromatic N) is 2. The van der Waals surface area contributed by atoms with Crippen molar-refractivity contribution in [2.24, 2.45) is 5.73 Å². The molecule has 1 aliphatic rings. The van der Waals surface area contributed by atoms with E-state index in [1.54, 1.807) is 0 Å². The van der Waals surface area contributed by atoms with Gasteiger partial charge < -0.3 is 10.3 Å². The van der Waals surface area contributed by atoms with Gasteiger partial charge in [0.15, 0.2) is 0 Å². The highest BCUT2D eigenvalue weighted by Crippen LogP contribution is 2.29. The van der Waals surface area contributed by atoms with Crippen molar-refractivity contribution in [3.8, 4) is 0 Å². The zero-order valence-corrected chi connectivity index (χ0v) is 10.9. The van der Waals surface area contributed by atoms with Crippen molar-refractivity contribution in [2.75, 3.05) is 0 Å². The van der Waals surface area contributed by atoms with E-state index in [-0.39, 0.29) is 6.04 Å². The zero-order valence-electron chi connectivity index (χ0n) is 10.9. The standard InChI is InChI=1S/C14H25N3/c1-2-13(15)14-10-16-11-17(14)12-8-6-4-3-5-7-9-12/h10-13H,2-9,15H2,1H3/t13-/m1/s1. The minimum atomic E-state index is 0.142. The Morgan fingerprint density at radius 3 is 2.59 bits per heavy atom. The van der Waals surface area contributed by atoms with Gasteiger partial charge in [0.2, 0.25) is 0 Å². The lowest BCUT2D eigenvalue weighted by Gasteiger charge is -2.24. The Bertz CT molecular complexity index is 324. The lowest BCUT2D eigenvalue weighted by Crippen LogP contribution is -2.18. The Morgan fingerprint density at radius 2 is 1.94 bits per heavy atom. The van der Waals surface area contributed by atoms with Gasteiger partial charge in [0, 0.05) is 18.3 Å². The first kappa shape index (κ1) is 12.6. The highest BCUT2D eigenvalue weighted by molar-refractivity contribution is 5.06. The third kappa shape index (κ3) is 3.09. The Kier molecular flexibility index (Phi) is 4.60. The van der Waals surface area contributed by atoms with E-state index in [1.807, 2.05) is 12.5 Å². The predicted molar refractivity (Wildman–Crippen MR) is 70.8 cm³/mol. The molecule has 1 atom stereocenters. The molecular formula is C14H25N3. The normalized spacial score (nSPS) is 20.8. The molecule has 3 nitrogen and oxygen atoms in total. The molecule has 1 aromatic rings. The van der Waals surface area contributed by atoms with Crippen LogP contribution in [-0.2, 0) is 0 Å². The van der Waals surface area contributed by atoms with Gasteiger partial charge in [-0.1, -0.05) is 39.0 Å². The van der Waals surface area contributed by atoms with Crippen molar-refractivity contribution >= 4 is 0 Å². The first-order valence-corrected chi connectivity index (χ1v) is 7.10. The number of hydrogen-bond donors (Lipinski definition) is 1. The molecule has 0 aromatic carbocycles. The van der Waals surface area contributed by atoms with Crippen LogP contribution >= 0.6 is 0 Å². The highest BCUT2D eigenvalue weighted by atomic mass is 15.1. The summed E-state index contributed by atoms with van der Waals surface area (Å²) in [4.78, 5) is 4.30. The summed E-state index contributed by atoms with van der Waals surface area (Å²) in [6.45, 7) is 2.14. The number of rotatable bonds is 3. The van der Waals surface area contributed by atoms with E-state index in [0.717, 1.165) is 6.42 Å². The predicted octanol–water partition coefficient (Wildman–Crippen LogP) is 3.58. The summed E-state index contributed by atoms with van der Waals surface area (Å²) in [5, 5.41) is 0. The fourth-order valence-electron chi connectivity index (χ4n) is 2.83. The van der Waals surface area contributed by atoms with Crippen LogP contribution in [0.15, 0.2) is 12.5 Å². The molecular weight excluding hydrogens is 210 g/mol. The summed E-state index contributed by atoms with van der Waals surface area (Å²) in [5.74, 6) is 0. The summed E-state index contributed by atoms with van der Waals surface area (Å²) < 4.78 is 2.35. The van der Waals surface area contributed by atoms with Crippen LogP contribution in [-0.4, -0.2) is 9.55 Å². The van der Waals surface area contributed by atoms with Gasteiger partial charge in [-0.05, 0) is 19.3 Å². The van der Waals surface area contributed by atoms with E-state index in [0.29, 0.717) is 6.04 Å². The van der Waals surface area contributed by atoms with Crippen molar-refractivity contribution < 1.29 is 0 Å². The Morgan fingerprint density at radius 1 is 1.29 bits per heavy atom.